The Labute approximate surface area is 118 Å². The van der Waals surface area contributed by atoms with Crippen molar-refractivity contribution in [3.05, 3.63) is 47.3 Å². The van der Waals surface area contributed by atoms with E-state index in [1.54, 1.807) is 0 Å². The molecule has 0 heterocycles. The van der Waals surface area contributed by atoms with Crippen LogP contribution in [-0.2, 0) is 21.1 Å². The zero-order valence-corrected chi connectivity index (χ0v) is 12.3. The van der Waals surface area contributed by atoms with Crippen molar-refractivity contribution in [2.45, 2.75) is 33.1 Å². The van der Waals surface area contributed by atoms with Gasteiger partial charge < -0.3 is 0 Å². The molecule has 0 amide bonds. The van der Waals surface area contributed by atoms with Crippen LogP contribution in [0.3, 0.4) is 0 Å². The normalized spacial score (nSPS) is 15.1. The SMILES string of the molecule is C.[CH2-]C1=C(c2ccc(Cl)cc2)CCCC1.[W]. The van der Waals surface area contributed by atoms with E-state index in [1.807, 2.05) is 12.1 Å². The van der Waals surface area contributed by atoms with Gasteiger partial charge in [0.25, 0.3) is 0 Å². The molecule has 0 radical (unpaired) electrons. The van der Waals surface area contributed by atoms with Crippen molar-refractivity contribution in [3.63, 3.8) is 0 Å². The molecular formula is C14H18ClW-. The summed E-state index contributed by atoms with van der Waals surface area (Å²) in [6.07, 6.45) is 4.89. The molecule has 0 atom stereocenters. The van der Waals surface area contributed by atoms with Gasteiger partial charge in [-0.15, -0.1) is 5.56 Å². The third-order valence-corrected chi connectivity index (χ3v) is 3.03. The van der Waals surface area contributed by atoms with E-state index in [-0.39, 0.29) is 28.5 Å². The summed E-state index contributed by atoms with van der Waals surface area (Å²) < 4.78 is 0. The summed E-state index contributed by atoms with van der Waals surface area (Å²) in [6.45, 7) is 4.12. The first-order valence-corrected chi connectivity index (χ1v) is 5.45. The number of hydrogen-bond acceptors (Lipinski definition) is 0. The number of hydrogen-bond donors (Lipinski definition) is 0. The molecule has 0 N–H and O–H groups in total. The third-order valence-electron chi connectivity index (χ3n) is 2.77. The Hall–Kier alpha value is -0.192. The van der Waals surface area contributed by atoms with Gasteiger partial charge in [0.2, 0.25) is 0 Å². The topological polar surface area (TPSA) is 0 Å². The maximum Gasteiger partial charge on any atom is 0.0405 e. The molecule has 0 fully saturated rings. The van der Waals surface area contributed by atoms with E-state index >= 15 is 0 Å². The zero-order valence-electron chi connectivity index (χ0n) is 8.63. The van der Waals surface area contributed by atoms with Crippen molar-refractivity contribution in [3.8, 4) is 0 Å². The Balaban J connectivity index is 0.00000112. The van der Waals surface area contributed by atoms with E-state index in [4.69, 9.17) is 11.6 Å². The van der Waals surface area contributed by atoms with Crippen LogP contribution >= 0.6 is 11.6 Å². The first-order valence-electron chi connectivity index (χ1n) is 5.07. The second-order valence-corrected chi connectivity index (χ2v) is 4.23. The number of halogens is 1. The van der Waals surface area contributed by atoms with Gasteiger partial charge in [-0.2, -0.15) is 5.57 Å². The molecule has 0 bridgehead atoms. The monoisotopic (exact) mass is 405 g/mol. The molecule has 0 aliphatic heterocycles. The molecule has 88 valence electrons. The van der Waals surface area contributed by atoms with Crippen molar-refractivity contribution in [1.29, 1.82) is 0 Å². The van der Waals surface area contributed by atoms with E-state index in [2.05, 4.69) is 19.1 Å². The van der Waals surface area contributed by atoms with Crippen LogP contribution in [0.4, 0.5) is 0 Å². The van der Waals surface area contributed by atoms with Crippen molar-refractivity contribution >= 4 is 17.2 Å². The summed E-state index contributed by atoms with van der Waals surface area (Å²) in [6, 6.07) is 8.08. The number of allylic oxidation sites excluding steroid dienone is 2. The maximum atomic E-state index is 5.86. The molecule has 0 spiro atoms. The van der Waals surface area contributed by atoms with Gasteiger partial charge in [-0.05, 0) is 12.1 Å². The van der Waals surface area contributed by atoms with Crippen molar-refractivity contribution in [1.82, 2.24) is 0 Å². The molecule has 0 saturated heterocycles. The van der Waals surface area contributed by atoms with Crippen LogP contribution in [0.5, 0.6) is 0 Å². The zero-order chi connectivity index (χ0) is 9.97. The van der Waals surface area contributed by atoms with Crippen molar-refractivity contribution in [2.75, 3.05) is 0 Å². The molecule has 16 heavy (non-hydrogen) atoms. The Bertz CT molecular complexity index is 352. The Kier molecular flexibility index (Phi) is 7.11. The van der Waals surface area contributed by atoms with Crippen LogP contribution in [0.2, 0.25) is 5.02 Å². The molecule has 0 saturated carbocycles. The molecular weight excluding hydrogens is 387 g/mol. The minimum absolute atomic E-state index is 0. The third kappa shape index (κ3) is 3.68. The van der Waals surface area contributed by atoms with Crippen molar-refractivity contribution < 1.29 is 21.1 Å². The van der Waals surface area contributed by atoms with Gasteiger partial charge in [0.1, 0.15) is 0 Å². The molecule has 2 heteroatoms. The van der Waals surface area contributed by atoms with Crippen LogP contribution in [0.1, 0.15) is 38.7 Å². The fourth-order valence-electron chi connectivity index (χ4n) is 1.97. The van der Waals surface area contributed by atoms with E-state index in [9.17, 15) is 0 Å². The van der Waals surface area contributed by atoms with Crippen LogP contribution in [-0.4, -0.2) is 0 Å². The Morgan fingerprint density at radius 2 is 1.56 bits per heavy atom. The fraction of sp³-hybridized carbons (Fsp3) is 0.357. The van der Waals surface area contributed by atoms with Gasteiger partial charge >= 0.3 is 0 Å². The molecule has 1 aliphatic carbocycles. The number of benzene rings is 1. The van der Waals surface area contributed by atoms with Crippen LogP contribution in [0, 0.1) is 6.92 Å². The van der Waals surface area contributed by atoms with Crippen LogP contribution in [0.25, 0.3) is 5.57 Å². The van der Waals surface area contributed by atoms with Gasteiger partial charge in [0.05, 0.1) is 0 Å². The summed E-state index contributed by atoms with van der Waals surface area (Å²) >= 11 is 5.86. The largest absolute Gasteiger partial charge is 0.241 e. The quantitative estimate of drug-likeness (QED) is 0.568. The summed E-state index contributed by atoms with van der Waals surface area (Å²) in [5, 5.41) is 0.802. The van der Waals surface area contributed by atoms with Crippen LogP contribution in [0.15, 0.2) is 29.8 Å². The van der Waals surface area contributed by atoms with Gasteiger partial charge in [0.15, 0.2) is 0 Å². The standard InChI is InChI=1S/C13H14Cl.CH4.W/c1-10-4-2-3-5-13(10)11-6-8-12(14)9-7-11;;/h6-9H,1-5H2;1H4;/q-1;;. The molecule has 0 nitrogen and oxygen atoms in total. The fourth-order valence-corrected chi connectivity index (χ4v) is 2.09. The summed E-state index contributed by atoms with van der Waals surface area (Å²) in [5.41, 5.74) is 4.02. The van der Waals surface area contributed by atoms with Gasteiger partial charge in [-0.25, -0.2) is 12.5 Å². The summed E-state index contributed by atoms with van der Waals surface area (Å²) in [7, 11) is 0. The molecule has 2 rings (SSSR count). The van der Waals surface area contributed by atoms with Crippen LogP contribution < -0.4 is 0 Å². The van der Waals surface area contributed by atoms with Gasteiger partial charge in [-0.1, -0.05) is 56.8 Å². The smallest absolute Gasteiger partial charge is 0.0405 e. The van der Waals surface area contributed by atoms with Gasteiger partial charge in [-0.3, -0.25) is 0 Å². The first kappa shape index (κ1) is 15.8. The van der Waals surface area contributed by atoms with Gasteiger partial charge in [0, 0.05) is 26.1 Å². The molecule has 1 aromatic rings. The molecule has 1 aromatic carbocycles. The minimum atomic E-state index is 0. The van der Waals surface area contributed by atoms with E-state index in [0.717, 1.165) is 11.4 Å². The first-order chi connectivity index (χ1) is 6.77. The van der Waals surface area contributed by atoms with E-state index in [0.29, 0.717) is 0 Å². The molecule has 1 aliphatic rings. The predicted octanol–water partition coefficient (Wildman–Crippen LogP) is 5.14. The summed E-state index contributed by atoms with van der Waals surface area (Å²) in [4.78, 5) is 0. The average Bonchev–Trinajstić information content (AvgIpc) is 2.20. The van der Waals surface area contributed by atoms with E-state index in [1.165, 1.54) is 36.0 Å². The summed E-state index contributed by atoms with van der Waals surface area (Å²) in [5.74, 6) is 0. The number of rotatable bonds is 1. The molecule has 0 unspecified atom stereocenters. The average molecular weight is 406 g/mol. The second kappa shape index (κ2) is 7.20. The Morgan fingerprint density at radius 3 is 2.12 bits per heavy atom. The Morgan fingerprint density at radius 1 is 1.00 bits per heavy atom. The maximum absolute atomic E-state index is 5.86. The second-order valence-electron chi connectivity index (χ2n) is 3.80. The van der Waals surface area contributed by atoms with Crippen molar-refractivity contribution in [2.24, 2.45) is 0 Å². The van der Waals surface area contributed by atoms with E-state index < -0.39 is 0 Å². The predicted molar refractivity (Wildman–Crippen MR) is 68.9 cm³/mol. The molecule has 0 aromatic heterocycles. The minimum Gasteiger partial charge on any atom is -0.241 e.